The average Bonchev–Trinajstić information content (AvgIpc) is 2.62. The van der Waals surface area contributed by atoms with Crippen molar-refractivity contribution in [2.75, 3.05) is 0 Å². The highest BCUT2D eigenvalue weighted by Gasteiger charge is 2.60. The molecule has 0 N–H and O–H groups in total. The first-order chi connectivity index (χ1) is 7.76. The Balaban J connectivity index is 2.43. The molecular formula is C16H19Cl. The highest BCUT2D eigenvalue weighted by Crippen LogP contribution is 2.67. The van der Waals surface area contributed by atoms with Gasteiger partial charge in [0.2, 0.25) is 0 Å². The van der Waals surface area contributed by atoms with Crippen molar-refractivity contribution < 1.29 is 0 Å². The third-order valence-corrected chi connectivity index (χ3v) is 4.59. The summed E-state index contributed by atoms with van der Waals surface area (Å²) in [5, 5.41) is 0.779. The molecule has 0 bridgehead atoms. The molecular weight excluding hydrogens is 228 g/mol. The molecule has 0 heterocycles. The van der Waals surface area contributed by atoms with Crippen LogP contribution in [0, 0.1) is 10.8 Å². The highest BCUT2D eigenvalue weighted by atomic mass is 35.5. The van der Waals surface area contributed by atoms with Gasteiger partial charge in [0.15, 0.2) is 0 Å². The van der Waals surface area contributed by atoms with E-state index in [1.807, 2.05) is 24.3 Å². The first kappa shape index (κ1) is 12.5. The smallest absolute Gasteiger partial charge is 0.0406 e. The van der Waals surface area contributed by atoms with Crippen LogP contribution in [-0.2, 0) is 0 Å². The minimum absolute atomic E-state index is 0.278. The molecule has 1 aliphatic rings. The first-order valence-corrected chi connectivity index (χ1v) is 6.39. The Labute approximate surface area is 109 Å². The van der Waals surface area contributed by atoms with Gasteiger partial charge >= 0.3 is 0 Å². The van der Waals surface area contributed by atoms with Crippen LogP contribution in [0.1, 0.15) is 40.2 Å². The van der Waals surface area contributed by atoms with Gasteiger partial charge < -0.3 is 0 Å². The molecule has 0 unspecified atom stereocenters. The monoisotopic (exact) mass is 246 g/mol. The van der Waals surface area contributed by atoms with Gasteiger partial charge in [0.05, 0.1) is 0 Å². The average molecular weight is 247 g/mol. The van der Waals surface area contributed by atoms with Gasteiger partial charge in [0.1, 0.15) is 0 Å². The van der Waals surface area contributed by atoms with Crippen molar-refractivity contribution in [3.05, 3.63) is 46.2 Å². The minimum atomic E-state index is 0.278. The van der Waals surface area contributed by atoms with E-state index in [0.717, 1.165) is 5.02 Å². The van der Waals surface area contributed by atoms with Crippen LogP contribution >= 0.6 is 11.6 Å². The second kappa shape index (κ2) is 3.77. The van der Waals surface area contributed by atoms with Crippen LogP contribution in [0.5, 0.6) is 0 Å². The lowest BCUT2D eigenvalue weighted by Crippen LogP contribution is -1.95. The lowest BCUT2D eigenvalue weighted by atomic mass is 10.0. The largest absolute Gasteiger partial charge is 0.117 e. The van der Waals surface area contributed by atoms with Crippen molar-refractivity contribution in [2.45, 2.75) is 34.6 Å². The predicted molar refractivity (Wildman–Crippen MR) is 75.1 cm³/mol. The molecule has 0 aliphatic heterocycles. The number of allylic oxidation sites excluding steroid dienone is 1. The van der Waals surface area contributed by atoms with Crippen LogP contribution < -0.4 is 0 Å². The van der Waals surface area contributed by atoms with Crippen molar-refractivity contribution in [1.82, 2.24) is 0 Å². The van der Waals surface area contributed by atoms with Crippen LogP contribution in [0.15, 0.2) is 35.6 Å². The van der Waals surface area contributed by atoms with Gasteiger partial charge in [-0.25, -0.2) is 0 Å². The maximum atomic E-state index is 5.89. The van der Waals surface area contributed by atoms with E-state index in [4.69, 9.17) is 11.6 Å². The Bertz CT molecular complexity index is 493. The normalized spacial score (nSPS) is 19.8. The fourth-order valence-corrected chi connectivity index (χ4v) is 2.43. The van der Waals surface area contributed by atoms with E-state index in [2.05, 4.69) is 40.3 Å². The summed E-state index contributed by atoms with van der Waals surface area (Å²) >= 11 is 5.89. The first-order valence-electron chi connectivity index (χ1n) is 6.01. The van der Waals surface area contributed by atoms with Crippen molar-refractivity contribution in [2.24, 2.45) is 10.8 Å². The van der Waals surface area contributed by atoms with Crippen LogP contribution in [-0.4, -0.2) is 0 Å². The molecule has 1 aromatic rings. The maximum absolute atomic E-state index is 5.89. The predicted octanol–water partition coefficient (Wildman–Crippen LogP) is 5.33. The lowest BCUT2D eigenvalue weighted by molar-refractivity contribution is 0.457. The third kappa shape index (κ3) is 1.97. The number of halogens is 1. The fraction of sp³-hybridized carbons (Fsp3) is 0.438. The fourth-order valence-electron chi connectivity index (χ4n) is 2.30. The van der Waals surface area contributed by atoms with Gasteiger partial charge in [-0.15, -0.1) is 5.73 Å². The molecule has 0 spiro atoms. The molecule has 1 heteroatoms. The Morgan fingerprint density at radius 1 is 1.00 bits per heavy atom. The highest BCUT2D eigenvalue weighted by molar-refractivity contribution is 6.30. The van der Waals surface area contributed by atoms with Crippen LogP contribution in [0.3, 0.4) is 0 Å². The van der Waals surface area contributed by atoms with Gasteiger partial charge in [0, 0.05) is 15.9 Å². The molecule has 1 fully saturated rings. The number of benzene rings is 1. The van der Waals surface area contributed by atoms with E-state index < -0.39 is 0 Å². The van der Waals surface area contributed by atoms with E-state index in [-0.39, 0.29) is 10.8 Å². The maximum Gasteiger partial charge on any atom is 0.0406 e. The Morgan fingerprint density at radius 2 is 1.47 bits per heavy atom. The molecule has 1 saturated carbocycles. The molecule has 0 saturated heterocycles. The molecule has 0 amide bonds. The van der Waals surface area contributed by atoms with Gasteiger partial charge in [-0.05, 0) is 35.8 Å². The molecule has 90 valence electrons. The Kier molecular flexibility index (Phi) is 2.77. The van der Waals surface area contributed by atoms with Gasteiger partial charge in [0.25, 0.3) is 0 Å². The number of hydrogen-bond donors (Lipinski definition) is 0. The van der Waals surface area contributed by atoms with Gasteiger partial charge in [-0.3, -0.25) is 0 Å². The Morgan fingerprint density at radius 3 is 1.88 bits per heavy atom. The summed E-state index contributed by atoms with van der Waals surface area (Å²) in [6.45, 7) is 11.2. The van der Waals surface area contributed by atoms with Crippen molar-refractivity contribution >= 4 is 17.2 Å². The molecule has 0 nitrogen and oxygen atoms in total. The van der Waals surface area contributed by atoms with Gasteiger partial charge in [-0.1, -0.05) is 51.4 Å². The lowest BCUT2D eigenvalue weighted by Gasteiger charge is -2.02. The SMILES string of the molecule is CC(=C=C1C(C)(C)C1(C)C)c1ccc(Cl)cc1. The summed E-state index contributed by atoms with van der Waals surface area (Å²) in [5.74, 6) is 0. The number of rotatable bonds is 1. The van der Waals surface area contributed by atoms with E-state index >= 15 is 0 Å². The van der Waals surface area contributed by atoms with Crippen LogP contribution in [0.4, 0.5) is 0 Å². The number of hydrogen-bond acceptors (Lipinski definition) is 0. The molecule has 0 atom stereocenters. The van der Waals surface area contributed by atoms with Crippen molar-refractivity contribution in [3.8, 4) is 0 Å². The van der Waals surface area contributed by atoms with Crippen molar-refractivity contribution in [3.63, 3.8) is 0 Å². The minimum Gasteiger partial charge on any atom is -0.117 e. The summed E-state index contributed by atoms with van der Waals surface area (Å²) in [6.07, 6.45) is 0. The zero-order chi connectivity index (χ0) is 12.8. The standard InChI is InChI=1S/C16H19Cl/c1-11(12-6-8-13(17)9-7-12)10-14-15(2,3)16(14,4)5/h6-9H,1-5H3. The molecule has 2 rings (SSSR count). The molecule has 0 aromatic heterocycles. The quantitative estimate of drug-likeness (QED) is 0.587. The van der Waals surface area contributed by atoms with E-state index in [1.54, 1.807) is 0 Å². The summed E-state index contributed by atoms with van der Waals surface area (Å²) in [6, 6.07) is 7.95. The third-order valence-electron chi connectivity index (χ3n) is 4.34. The summed E-state index contributed by atoms with van der Waals surface area (Å²) < 4.78 is 0. The van der Waals surface area contributed by atoms with E-state index in [9.17, 15) is 0 Å². The second-order valence-electron chi connectivity index (χ2n) is 5.88. The molecule has 17 heavy (non-hydrogen) atoms. The van der Waals surface area contributed by atoms with Gasteiger partial charge in [-0.2, -0.15) is 0 Å². The molecule has 1 aromatic carbocycles. The zero-order valence-electron chi connectivity index (χ0n) is 11.2. The molecule has 0 radical (unpaired) electrons. The topological polar surface area (TPSA) is 0 Å². The van der Waals surface area contributed by atoms with E-state index in [1.165, 1.54) is 16.7 Å². The summed E-state index contributed by atoms with van der Waals surface area (Å²) in [7, 11) is 0. The summed E-state index contributed by atoms with van der Waals surface area (Å²) in [4.78, 5) is 0. The molecule has 1 aliphatic carbocycles. The Hall–Kier alpha value is -0.970. The van der Waals surface area contributed by atoms with Crippen LogP contribution in [0.2, 0.25) is 5.02 Å². The second-order valence-corrected chi connectivity index (χ2v) is 6.32. The van der Waals surface area contributed by atoms with Crippen molar-refractivity contribution in [1.29, 1.82) is 0 Å². The van der Waals surface area contributed by atoms with Crippen LogP contribution in [0.25, 0.3) is 5.57 Å². The summed E-state index contributed by atoms with van der Waals surface area (Å²) in [5.41, 5.74) is 7.92. The zero-order valence-corrected chi connectivity index (χ0v) is 11.9. The van der Waals surface area contributed by atoms with E-state index in [0.29, 0.717) is 0 Å².